The summed E-state index contributed by atoms with van der Waals surface area (Å²) in [7, 11) is 0. The molecule has 13 heavy (non-hydrogen) atoms. The fraction of sp³-hybridized carbons (Fsp3) is 0.250. The van der Waals surface area contributed by atoms with Crippen molar-refractivity contribution in [2.24, 2.45) is 0 Å². The number of allylic oxidation sites excluding steroid dienone is 2. The fourth-order valence-corrected chi connectivity index (χ4v) is 4.29. The van der Waals surface area contributed by atoms with Gasteiger partial charge in [-0.2, -0.15) is 0 Å². The van der Waals surface area contributed by atoms with E-state index < -0.39 is 6.89 Å². The molecule has 0 nitrogen and oxygen atoms in total. The third-order valence-corrected chi connectivity index (χ3v) is 5.52. The molecule has 1 unspecified atom stereocenters. The van der Waals surface area contributed by atoms with Crippen molar-refractivity contribution in [1.29, 1.82) is 0 Å². The van der Waals surface area contributed by atoms with Crippen LogP contribution in [-0.4, -0.2) is 18.6 Å². The highest BCUT2D eigenvalue weighted by Crippen LogP contribution is 2.48. The minimum absolute atomic E-state index is 0.778. The summed E-state index contributed by atoms with van der Waals surface area (Å²) in [5.41, 5.74) is 1.48. The van der Waals surface area contributed by atoms with Crippen LogP contribution in [0.2, 0.25) is 0 Å². The highest BCUT2D eigenvalue weighted by molar-refractivity contribution is 7.74. The first-order chi connectivity index (χ1) is 6.29. The van der Waals surface area contributed by atoms with Crippen molar-refractivity contribution in [2.45, 2.75) is 6.16 Å². The highest BCUT2D eigenvalue weighted by atomic mass is 31.2. The smallest absolute Gasteiger partial charge is 0.00739 e. The molecule has 1 aliphatic rings. The normalized spacial score (nSPS) is 25.9. The van der Waals surface area contributed by atoms with Crippen LogP contribution in [0.25, 0.3) is 0 Å². The quantitative estimate of drug-likeness (QED) is 0.628. The van der Waals surface area contributed by atoms with Crippen LogP contribution in [0.15, 0.2) is 42.5 Å². The van der Waals surface area contributed by atoms with E-state index in [1.54, 1.807) is 0 Å². The lowest BCUT2D eigenvalue weighted by atomic mass is 10.2. The van der Waals surface area contributed by atoms with Crippen LogP contribution in [0.4, 0.5) is 0 Å². The van der Waals surface area contributed by atoms with E-state index >= 15 is 0 Å². The maximum Gasteiger partial charge on any atom is -0.00739 e. The summed E-state index contributed by atoms with van der Waals surface area (Å²) in [6.07, 6.45) is 7.09. The summed E-state index contributed by atoms with van der Waals surface area (Å²) in [6.45, 7) is 1.65. The summed E-state index contributed by atoms with van der Waals surface area (Å²) < 4.78 is 0. The zero-order valence-electron chi connectivity index (χ0n) is 7.98. The summed E-state index contributed by atoms with van der Waals surface area (Å²) in [4.78, 5) is 0. The van der Waals surface area contributed by atoms with Crippen molar-refractivity contribution in [3.05, 3.63) is 48.0 Å². The zero-order valence-corrected chi connectivity index (χ0v) is 8.87. The van der Waals surface area contributed by atoms with Crippen molar-refractivity contribution in [1.82, 2.24) is 0 Å². The maximum atomic E-state index is 2.43. The van der Waals surface area contributed by atoms with Crippen LogP contribution in [0.3, 0.4) is 0 Å². The van der Waals surface area contributed by atoms with Gasteiger partial charge >= 0.3 is 0 Å². The predicted molar refractivity (Wildman–Crippen MR) is 63.1 cm³/mol. The van der Waals surface area contributed by atoms with Crippen molar-refractivity contribution in [3.63, 3.8) is 0 Å². The first-order valence-corrected chi connectivity index (χ1v) is 7.35. The van der Waals surface area contributed by atoms with Crippen molar-refractivity contribution >= 4 is 12.7 Å². The fourth-order valence-electron chi connectivity index (χ4n) is 1.75. The molecule has 0 spiro atoms. The van der Waals surface area contributed by atoms with E-state index in [4.69, 9.17) is 0 Å². The lowest BCUT2D eigenvalue weighted by molar-refractivity contribution is 1.38. The standard InChI is InChI=1S/C12H15P/c1-13(9-5-6-10-13)11-12-7-3-2-4-8-12/h2-9H,10-11H2,1H3. The number of benzene rings is 1. The molecule has 2 rings (SSSR count). The van der Waals surface area contributed by atoms with Gasteiger partial charge in [-0.25, -0.2) is 0 Å². The molecule has 0 bridgehead atoms. The Morgan fingerprint density at radius 2 is 2.00 bits per heavy atom. The van der Waals surface area contributed by atoms with Gasteiger partial charge in [0.15, 0.2) is 0 Å². The van der Waals surface area contributed by atoms with Crippen molar-refractivity contribution in [2.75, 3.05) is 12.8 Å². The second-order valence-corrected chi connectivity index (χ2v) is 7.82. The summed E-state index contributed by atoms with van der Waals surface area (Å²) in [5.74, 6) is 2.43. The summed E-state index contributed by atoms with van der Waals surface area (Å²) >= 11 is 0. The topological polar surface area (TPSA) is 0 Å². The second-order valence-electron chi connectivity index (χ2n) is 3.88. The first kappa shape index (κ1) is 8.84. The van der Waals surface area contributed by atoms with Crippen LogP contribution < -0.4 is 0 Å². The van der Waals surface area contributed by atoms with Gasteiger partial charge in [0.05, 0.1) is 0 Å². The predicted octanol–water partition coefficient (Wildman–Crippen LogP) is 3.21. The van der Waals surface area contributed by atoms with E-state index in [-0.39, 0.29) is 0 Å². The van der Waals surface area contributed by atoms with E-state index in [1.807, 2.05) is 0 Å². The van der Waals surface area contributed by atoms with Gasteiger partial charge in [-0.1, -0.05) is 55.2 Å². The van der Waals surface area contributed by atoms with Crippen LogP contribution in [0.1, 0.15) is 5.56 Å². The molecule has 0 radical (unpaired) electrons. The monoisotopic (exact) mass is 190 g/mol. The molecule has 1 heteroatoms. The molecular weight excluding hydrogens is 175 g/mol. The molecular formula is C12H15P. The molecule has 0 fully saturated rings. The number of hydrogen-bond donors (Lipinski definition) is 0. The minimum atomic E-state index is -0.778. The third kappa shape index (κ3) is 2.14. The molecule has 1 aromatic rings. The van der Waals surface area contributed by atoms with Crippen LogP contribution in [-0.2, 0) is 6.16 Å². The molecule has 1 aromatic carbocycles. The van der Waals surface area contributed by atoms with E-state index in [0.717, 1.165) is 0 Å². The Kier molecular flexibility index (Phi) is 2.42. The third-order valence-electron chi connectivity index (χ3n) is 2.49. The van der Waals surface area contributed by atoms with Crippen LogP contribution >= 0.6 is 6.89 Å². The lowest BCUT2D eigenvalue weighted by Crippen LogP contribution is -1.89. The second kappa shape index (κ2) is 3.55. The Bertz CT molecular complexity index is 360. The highest BCUT2D eigenvalue weighted by Gasteiger charge is 2.11. The molecule has 0 aliphatic carbocycles. The molecule has 1 aliphatic heterocycles. The Hall–Kier alpha value is -0.740. The van der Waals surface area contributed by atoms with Crippen LogP contribution in [0, 0.1) is 0 Å². The molecule has 0 aromatic heterocycles. The van der Waals surface area contributed by atoms with Gasteiger partial charge in [-0.05, 0) is 24.6 Å². The van der Waals surface area contributed by atoms with E-state index in [0.29, 0.717) is 0 Å². The molecule has 0 N–H and O–H groups in total. The molecule has 68 valence electrons. The largest absolute Gasteiger partial charge is 0.1000 e. The maximum absolute atomic E-state index is 2.43. The Morgan fingerprint density at radius 1 is 1.23 bits per heavy atom. The van der Waals surface area contributed by atoms with Gasteiger partial charge in [0.2, 0.25) is 0 Å². The Morgan fingerprint density at radius 3 is 2.62 bits per heavy atom. The molecule has 0 saturated carbocycles. The van der Waals surface area contributed by atoms with E-state index in [2.05, 4.69) is 54.9 Å². The molecule has 0 amide bonds. The van der Waals surface area contributed by atoms with Gasteiger partial charge in [-0.3, -0.25) is 0 Å². The van der Waals surface area contributed by atoms with Crippen LogP contribution in [0.5, 0.6) is 0 Å². The molecule has 1 atom stereocenters. The Balaban J connectivity index is 2.16. The molecule has 0 saturated heterocycles. The van der Waals surface area contributed by atoms with Gasteiger partial charge < -0.3 is 0 Å². The van der Waals surface area contributed by atoms with Crippen molar-refractivity contribution in [3.8, 4) is 0 Å². The summed E-state index contributed by atoms with van der Waals surface area (Å²) in [6, 6.07) is 10.8. The number of rotatable bonds is 2. The van der Waals surface area contributed by atoms with Gasteiger partial charge in [0.25, 0.3) is 0 Å². The lowest BCUT2D eigenvalue weighted by Gasteiger charge is -2.15. The average Bonchev–Trinajstić information content (AvgIpc) is 2.54. The van der Waals surface area contributed by atoms with Crippen molar-refractivity contribution < 1.29 is 0 Å². The van der Waals surface area contributed by atoms with Gasteiger partial charge in [0, 0.05) is 0 Å². The Labute approximate surface area is 80.3 Å². The number of hydrogen-bond acceptors (Lipinski definition) is 0. The minimum Gasteiger partial charge on any atom is -0.1000 e. The first-order valence-electron chi connectivity index (χ1n) is 4.68. The summed E-state index contributed by atoms with van der Waals surface area (Å²) in [5, 5.41) is 0. The van der Waals surface area contributed by atoms with E-state index in [1.165, 1.54) is 17.9 Å². The average molecular weight is 190 g/mol. The van der Waals surface area contributed by atoms with E-state index in [9.17, 15) is 0 Å². The zero-order chi connectivity index (χ0) is 9.15. The van der Waals surface area contributed by atoms with Gasteiger partial charge in [0.1, 0.15) is 0 Å². The molecule has 1 heterocycles. The van der Waals surface area contributed by atoms with Gasteiger partial charge in [-0.15, -0.1) is 0 Å². The SMILES string of the molecule is CP1(Cc2ccccc2)=CC=CC1.